The van der Waals surface area contributed by atoms with Crippen LogP contribution in [0.15, 0.2) is 40.7 Å². The lowest BCUT2D eigenvalue weighted by Crippen LogP contribution is -2.43. The lowest BCUT2D eigenvalue weighted by atomic mass is 10.1. The maximum absolute atomic E-state index is 5.99. The van der Waals surface area contributed by atoms with E-state index in [0.717, 1.165) is 50.2 Å². The van der Waals surface area contributed by atoms with Crippen LogP contribution in [0.25, 0.3) is 0 Å². The van der Waals surface area contributed by atoms with Crippen LogP contribution in [0.4, 0.5) is 0 Å². The van der Waals surface area contributed by atoms with E-state index in [2.05, 4.69) is 33.9 Å². The third-order valence-corrected chi connectivity index (χ3v) is 5.99. The molecule has 1 aromatic heterocycles. The number of rotatable bonds is 6. The van der Waals surface area contributed by atoms with Crippen molar-refractivity contribution in [1.29, 1.82) is 0 Å². The van der Waals surface area contributed by atoms with Crippen molar-refractivity contribution in [3.8, 4) is 11.5 Å². The highest BCUT2D eigenvalue weighted by Crippen LogP contribution is 2.30. The highest BCUT2D eigenvalue weighted by Gasteiger charge is 2.20. The van der Waals surface area contributed by atoms with E-state index >= 15 is 0 Å². The summed E-state index contributed by atoms with van der Waals surface area (Å²) in [4.78, 5) is 8.74. The molecule has 6 nitrogen and oxygen atoms in total. The molecule has 0 spiro atoms. The molecule has 2 aromatic rings. The van der Waals surface area contributed by atoms with Crippen molar-refractivity contribution in [3.05, 3.63) is 46.2 Å². The molecule has 4 rings (SSSR count). The Morgan fingerprint density at radius 3 is 3.04 bits per heavy atom. The van der Waals surface area contributed by atoms with Gasteiger partial charge in [0.05, 0.1) is 6.54 Å². The zero-order valence-electron chi connectivity index (χ0n) is 16.3. The molecule has 0 saturated heterocycles. The first kappa shape index (κ1) is 19.1. The molecule has 7 heteroatoms. The molecular formula is C21H28N4O2S. The first-order valence-electron chi connectivity index (χ1n) is 10.00. The predicted molar refractivity (Wildman–Crippen MR) is 114 cm³/mol. The van der Waals surface area contributed by atoms with Gasteiger partial charge in [0, 0.05) is 37.6 Å². The summed E-state index contributed by atoms with van der Waals surface area (Å²) in [6.07, 6.45) is 1.10. The topological polar surface area (TPSA) is 58.1 Å². The van der Waals surface area contributed by atoms with Crippen LogP contribution in [0.1, 0.15) is 17.4 Å². The molecule has 150 valence electrons. The van der Waals surface area contributed by atoms with Crippen molar-refractivity contribution in [2.24, 2.45) is 4.99 Å². The van der Waals surface area contributed by atoms with Crippen molar-refractivity contribution in [2.75, 3.05) is 39.3 Å². The normalized spacial score (nSPS) is 19.2. The number of fused-ring (bicyclic) bond motifs is 2. The molecule has 0 aliphatic carbocycles. The number of nitrogens with one attached hydrogen (secondary N) is 2. The number of thiophene rings is 1. The number of guanidine groups is 1. The first-order valence-corrected chi connectivity index (χ1v) is 10.9. The predicted octanol–water partition coefficient (Wildman–Crippen LogP) is 2.50. The average Bonchev–Trinajstić information content (AvgIpc) is 3.20. The fraction of sp³-hybridized carbons (Fsp3) is 0.476. The minimum atomic E-state index is -0.0653. The van der Waals surface area contributed by atoms with Gasteiger partial charge >= 0.3 is 0 Å². The van der Waals surface area contributed by atoms with E-state index in [4.69, 9.17) is 14.5 Å². The van der Waals surface area contributed by atoms with Gasteiger partial charge in [-0.2, -0.15) is 0 Å². The van der Waals surface area contributed by atoms with Crippen LogP contribution in [0.3, 0.4) is 0 Å². The SMILES string of the molecule is CCNC(=NCC1COc2ccccc2O1)NCCN1CCc2sccc2C1. The van der Waals surface area contributed by atoms with Crippen molar-refractivity contribution in [3.63, 3.8) is 0 Å². The molecule has 0 fully saturated rings. The molecule has 1 aromatic carbocycles. The van der Waals surface area contributed by atoms with Crippen molar-refractivity contribution >= 4 is 17.3 Å². The summed E-state index contributed by atoms with van der Waals surface area (Å²) in [6, 6.07) is 10.0. The molecular weight excluding hydrogens is 372 g/mol. The summed E-state index contributed by atoms with van der Waals surface area (Å²) in [5.41, 5.74) is 1.49. The maximum Gasteiger partial charge on any atom is 0.191 e. The number of hydrogen-bond donors (Lipinski definition) is 2. The van der Waals surface area contributed by atoms with Crippen LogP contribution in [0.5, 0.6) is 11.5 Å². The molecule has 0 bridgehead atoms. The molecule has 3 heterocycles. The zero-order valence-corrected chi connectivity index (χ0v) is 17.1. The van der Waals surface area contributed by atoms with Gasteiger partial charge in [-0.15, -0.1) is 11.3 Å². The number of hydrogen-bond acceptors (Lipinski definition) is 5. The van der Waals surface area contributed by atoms with Gasteiger partial charge in [0.1, 0.15) is 6.61 Å². The summed E-state index contributed by atoms with van der Waals surface area (Å²) >= 11 is 1.89. The highest BCUT2D eigenvalue weighted by atomic mass is 32.1. The molecule has 28 heavy (non-hydrogen) atoms. The molecule has 1 unspecified atom stereocenters. The number of nitrogens with zero attached hydrogens (tertiary/aromatic N) is 2. The summed E-state index contributed by atoms with van der Waals surface area (Å²) in [7, 11) is 0. The van der Waals surface area contributed by atoms with E-state index in [-0.39, 0.29) is 6.10 Å². The van der Waals surface area contributed by atoms with E-state index in [9.17, 15) is 0 Å². The fourth-order valence-electron chi connectivity index (χ4n) is 3.52. The second kappa shape index (κ2) is 9.30. The fourth-order valence-corrected chi connectivity index (χ4v) is 4.41. The highest BCUT2D eigenvalue weighted by molar-refractivity contribution is 7.10. The second-order valence-corrected chi connectivity index (χ2v) is 8.04. The smallest absolute Gasteiger partial charge is 0.191 e. The van der Waals surface area contributed by atoms with Gasteiger partial charge in [-0.3, -0.25) is 4.90 Å². The Labute approximate surface area is 170 Å². The monoisotopic (exact) mass is 400 g/mol. The van der Waals surface area contributed by atoms with Gasteiger partial charge in [-0.05, 0) is 42.5 Å². The Bertz CT molecular complexity index is 807. The van der Waals surface area contributed by atoms with Gasteiger partial charge in [-0.1, -0.05) is 12.1 Å². The lowest BCUT2D eigenvalue weighted by molar-refractivity contribution is 0.0971. The van der Waals surface area contributed by atoms with Crippen LogP contribution in [-0.2, 0) is 13.0 Å². The zero-order chi connectivity index (χ0) is 19.2. The first-order chi connectivity index (χ1) is 13.8. The standard InChI is InChI=1S/C21H28N4O2S/c1-2-22-21(23-9-11-25-10-7-20-16(14-25)8-12-28-20)24-13-17-15-26-18-5-3-4-6-19(18)27-17/h3-6,8,12,17H,2,7,9-11,13-15H2,1H3,(H2,22,23,24). The second-order valence-electron chi connectivity index (χ2n) is 7.04. The molecule has 2 aliphatic heterocycles. The van der Waals surface area contributed by atoms with Crippen molar-refractivity contribution < 1.29 is 9.47 Å². The van der Waals surface area contributed by atoms with Crippen LogP contribution >= 0.6 is 11.3 Å². The Morgan fingerprint density at radius 2 is 2.14 bits per heavy atom. The van der Waals surface area contributed by atoms with E-state index in [1.807, 2.05) is 35.6 Å². The summed E-state index contributed by atoms with van der Waals surface area (Å²) < 4.78 is 11.8. The number of para-hydroxylation sites is 2. The Hall–Kier alpha value is -2.25. The van der Waals surface area contributed by atoms with Crippen molar-refractivity contribution in [2.45, 2.75) is 26.0 Å². The molecule has 2 aliphatic rings. The number of ether oxygens (including phenoxy) is 2. The van der Waals surface area contributed by atoms with Crippen LogP contribution in [0, 0.1) is 0 Å². The third kappa shape index (κ3) is 4.77. The third-order valence-electron chi connectivity index (χ3n) is 4.97. The maximum atomic E-state index is 5.99. The molecule has 0 saturated carbocycles. The molecule has 0 radical (unpaired) electrons. The molecule has 2 N–H and O–H groups in total. The van der Waals surface area contributed by atoms with Crippen LogP contribution in [-0.4, -0.2) is 56.3 Å². The van der Waals surface area contributed by atoms with Crippen LogP contribution in [0.2, 0.25) is 0 Å². The summed E-state index contributed by atoms with van der Waals surface area (Å²) in [6.45, 7) is 8.07. The average molecular weight is 401 g/mol. The van der Waals surface area contributed by atoms with Gasteiger partial charge in [0.25, 0.3) is 0 Å². The van der Waals surface area contributed by atoms with E-state index in [0.29, 0.717) is 13.2 Å². The summed E-state index contributed by atoms with van der Waals surface area (Å²) in [5.74, 6) is 2.44. The van der Waals surface area contributed by atoms with E-state index in [1.165, 1.54) is 12.0 Å². The minimum Gasteiger partial charge on any atom is -0.486 e. The quantitative estimate of drug-likeness (QED) is 0.576. The number of aliphatic imine (C=N–C) groups is 1. The Balaban J connectivity index is 1.25. The Morgan fingerprint density at radius 1 is 1.25 bits per heavy atom. The van der Waals surface area contributed by atoms with Crippen molar-refractivity contribution in [1.82, 2.24) is 15.5 Å². The molecule has 0 amide bonds. The van der Waals surface area contributed by atoms with Crippen LogP contribution < -0.4 is 20.1 Å². The van der Waals surface area contributed by atoms with E-state index in [1.54, 1.807) is 4.88 Å². The molecule has 1 atom stereocenters. The lowest BCUT2D eigenvalue weighted by Gasteiger charge is -2.27. The Kier molecular flexibility index (Phi) is 6.34. The van der Waals surface area contributed by atoms with Gasteiger partial charge in [0.2, 0.25) is 0 Å². The van der Waals surface area contributed by atoms with E-state index < -0.39 is 0 Å². The van der Waals surface area contributed by atoms with Gasteiger partial charge in [0.15, 0.2) is 23.6 Å². The minimum absolute atomic E-state index is 0.0653. The summed E-state index contributed by atoms with van der Waals surface area (Å²) in [5, 5.41) is 8.97. The largest absolute Gasteiger partial charge is 0.486 e. The van der Waals surface area contributed by atoms with Gasteiger partial charge < -0.3 is 20.1 Å². The number of benzene rings is 1. The van der Waals surface area contributed by atoms with Gasteiger partial charge in [-0.25, -0.2) is 4.99 Å².